The Labute approximate surface area is 150 Å². The summed E-state index contributed by atoms with van der Waals surface area (Å²) in [5, 5.41) is 15.9. The fourth-order valence-corrected chi connectivity index (χ4v) is 3.70. The molecule has 1 aromatic heterocycles. The summed E-state index contributed by atoms with van der Waals surface area (Å²) in [4.78, 5) is 26.2. The third-order valence-electron chi connectivity index (χ3n) is 3.96. The fourth-order valence-electron chi connectivity index (χ4n) is 2.73. The molecule has 1 N–H and O–H groups in total. The second kappa shape index (κ2) is 8.23. The van der Waals surface area contributed by atoms with Crippen molar-refractivity contribution in [3.63, 3.8) is 0 Å². The number of benzene rings is 1. The Bertz CT molecular complexity index is 735. The minimum Gasteiger partial charge on any atom is -0.351 e. The molecule has 0 saturated heterocycles. The van der Waals surface area contributed by atoms with Gasteiger partial charge >= 0.3 is 0 Å². The predicted octanol–water partition coefficient (Wildman–Crippen LogP) is 2.87. The van der Waals surface area contributed by atoms with Gasteiger partial charge in [0, 0.05) is 37.1 Å². The molecule has 1 aliphatic heterocycles. The quantitative estimate of drug-likeness (QED) is 0.651. The van der Waals surface area contributed by atoms with Crippen LogP contribution in [0.5, 0.6) is 0 Å². The maximum absolute atomic E-state index is 12.1. The number of nitro benzene ring substituents is 1. The van der Waals surface area contributed by atoms with E-state index in [0.717, 1.165) is 26.1 Å². The summed E-state index contributed by atoms with van der Waals surface area (Å²) in [6.45, 7) is 3.11. The molecule has 0 fully saturated rings. The van der Waals surface area contributed by atoms with Gasteiger partial charge < -0.3 is 5.32 Å². The maximum atomic E-state index is 12.1. The van der Waals surface area contributed by atoms with Crippen molar-refractivity contribution >= 4 is 35.3 Å². The first kappa shape index (κ1) is 18.4. The SMILES string of the molecule is Cl.O=C(NCCN1CCc2ccsc2C1)c1ccccc1[N+](=O)[O-]. The Morgan fingerprint density at radius 2 is 2.12 bits per heavy atom. The normalized spacial score (nSPS) is 13.7. The van der Waals surface area contributed by atoms with Gasteiger partial charge in [-0.05, 0) is 29.5 Å². The van der Waals surface area contributed by atoms with Crippen molar-refractivity contribution in [2.75, 3.05) is 19.6 Å². The van der Waals surface area contributed by atoms with Crippen LogP contribution in [0.3, 0.4) is 0 Å². The molecular weight excluding hydrogens is 350 g/mol. The molecule has 0 radical (unpaired) electrons. The van der Waals surface area contributed by atoms with E-state index in [4.69, 9.17) is 0 Å². The van der Waals surface area contributed by atoms with Crippen LogP contribution in [0.15, 0.2) is 35.7 Å². The molecule has 1 amide bonds. The van der Waals surface area contributed by atoms with Gasteiger partial charge in [0.1, 0.15) is 5.56 Å². The Kier molecular flexibility index (Phi) is 6.30. The van der Waals surface area contributed by atoms with Crippen molar-refractivity contribution in [2.24, 2.45) is 0 Å². The zero-order valence-electron chi connectivity index (χ0n) is 12.9. The molecule has 8 heteroatoms. The first-order valence-corrected chi connectivity index (χ1v) is 8.32. The number of para-hydroxylation sites is 1. The molecule has 3 rings (SSSR count). The lowest BCUT2D eigenvalue weighted by molar-refractivity contribution is -0.385. The van der Waals surface area contributed by atoms with Gasteiger partial charge in [-0.3, -0.25) is 19.8 Å². The smallest absolute Gasteiger partial charge is 0.282 e. The lowest BCUT2D eigenvalue weighted by Gasteiger charge is -2.26. The molecule has 0 spiro atoms. The molecule has 0 atom stereocenters. The van der Waals surface area contributed by atoms with Crippen LogP contribution in [0.2, 0.25) is 0 Å². The van der Waals surface area contributed by atoms with E-state index in [1.165, 1.54) is 22.6 Å². The Morgan fingerprint density at radius 3 is 2.92 bits per heavy atom. The number of nitro groups is 1. The number of halogens is 1. The molecule has 6 nitrogen and oxygen atoms in total. The molecule has 0 aliphatic carbocycles. The molecule has 24 heavy (non-hydrogen) atoms. The van der Waals surface area contributed by atoms with Gasteiger partial charge in [0.05, 0.1) is 4.92 Å². The van der Waals surface area contributed by atoms with Gasteiger partial charge in [0.2, 0.25) is 0 Å². The van der Waals surface area contributed by atoms with E-state index in [2.05, 4.69) is 21.7 Å². The molecule has 0 unspecified atom stereocenters. The number of rotatable bonds is 5. The summed E-state index contributed by atoms with van der Waals surface area (Å²) in [6, 6.07) is 8.18. The van der Waals surface area contributed by atoms with Crippen LogP contribution < -0.4 is 5.32 Å². The van der Waals surface area contributed by atoms with Crippen molar-refractivity contribution in [3.05, 3.63) is 61.8 Å². The van der Waals surface area contributed by atoms with Crippen LogP contribution in [0.1, 0.15) is 20.8 Å². The summed E-state index contributed by atoms with van der Waals surface area (Å²) in [7, 11) is 0. The number of fused-ring (bicyclic) bond motifs is 1. The standard InChI is InChI=1S/C16H17N3O3S.ClH/c20-16(13-3-1-2-4-14(13)19(21)22)17-7-9-18-8-5-12-6-10-23-15(12)11-18;/h1-4,6,10H,5,7-9,11H2,(H,17,20);1H. The zero-order valence-corrected chi connectivity index (χ0v) is 14.6. The van der Waals surface area contributed by atoms with E-state index in [-0.39, 0.29) is 23.7 Å². The van der Waals surface area contributed by atoms with E-state index < -0.39 is 10.8 Å². The zero-order chi connectivity index (χ0) is 16.2. The van der Waals surface area contributed by atoms with Gasteiger partial charge in [-0.15, -0.1) is 23.7 Å². The third kappa shape index (κ3) is 4.11. The molecule has 1 aliphatic rings. The number of hydrogen-bond acceptors (Lipinski definition) is 5. The van der Waals surface area contributed by atoms with Crippen LogP contribution in [0.25, 0.3) is 0 Å². The highest BCUT2D eigenvalue weighted by Crippen LogP contribution is 2.23. The van der Waals surface area contributed by atoms with Crippen LogP contribution in [-0.4, -0.2) is 35.4 Å². The fraction of sp³-hybridized carbons (Fsp3) is 0.312. The highest BCUT2D eigenvalue weighted by molar-refractivity contribution is 7.10. The number of carbonyl (C=O) groups excluding carboxylic acids is 1. The number of nitrogens with zero attached hydrogens (tertiary/aromatic N) is 2. The molecule has 128 valence electrons. The second-order valence-electron chi connectivity index (χ2n) is 5.43. The number of hydrogen-bond donors (Lipinski definition) is 1. The van der Waals surface area contributed by atoms with Crippen LogP contribution >= 0.6 is 23.7 Å². The van der Waals surface area contributed by atoms with Crippen molar-refractivity contribution in [3.8, 4) is 0 Å². The van der Waals surface area contributed by atoms with Crippen LogP contribution in [0, 0.1) is 10.1 Å². The first-order chi connectivity index (χ1) is 11.1. The molecule has 0 bridgehead atoms. The van der Waals surface area contributed by atoms with Crippen LogP contribution in [-0.2, 0) is 13.0 Å². The van der Waals surface area contributed by atoms with Gasteiger partial charge in [0.25, 0.3) is 11.6 Å². The summed E-state index contributed by atoms with van der Waals surface area (Å²) < 4.78 is 0. The monoisotopic (exact) mass is 367 g/mol. The van der Waals surface area contributed by atoms with E-state index in [9.17, 15) is 14.9 Å². The minimum absolute atomic E-state index is 0. The maximum Gasteiger partial charge on any atom is 0.282 e. The van der Waals surface area contributed by atoms with E-state index >= 15 is 0 Å². The molecule has 2 heterocycles. The van der Waals surface area contributed by atoms with Crippen molar-refractivity contribution in [1.29, 1.82) is 0 Å². The molecule has 2 aromatic rings. The first-order valence-electron chi connectivity index (χ1n) is 7.44. The van der Waals surface area contributed by atoms with Crippen molar-refractivity contribution in [1.82, 2.24) is 10.2 Å². The van der Waals surface area contributed by atoms with E-state index in [1.54, 1.807) is 23.5 Å². The van der Waals surface area contributed by atoms with Crippen LogP contribution in [0.4, 0.5) is 5.69 Å². The van der Waals surface area contributed by atoms with Crippen molar-refractivity contribution in [2.45, 2.75) is 13.0 Å². The largest absolute Gasteiger partial charge is 0.351 e. The predicted molar refractivity (Wildman–Crippen MR) is 96.0 cm³/mol. The summed E-state index contributed by atoms with van der Waals surface area (Å²) in [5.74, 6) is -0.397. The topological polar surface area (TPSA) is 75.5 Å². The van der Waals surface area contributed by atoms with Crippen molar-refractivity contribution < 1.29 is 9.72 Å². The minimum atomic E-state index is -0.530. The Morgan fingerprint density at radius 1 is 1.33 bits per heavy atom. The average Bonchev–Trinajstić information content (AvgIpc) is 3.02. The number of amides is 1. The highest BCUT2D eigenvalue weighted by Gasteiger charge is 2.20. The summed E-state index contributed by atoms with van der Waals surface area (Å²) in [5.41, 5.74) is 1.37. The van der Waals surface area contributed by atoms with Gasteiger partial charge in [-0.25, -0.2) is 0 Å². The number of carbonyl (C=O) groups is 1. The summed E-state index contributed by atoms with van der Waals surface area (Å²) >= 11 is 1.77. The lowest BCUT2D eigenvalue weighted by Crippen LogP contribution is -2.37. The molecule has 0 saturated carbocycles. The molecule has 1 aromatic carbocycles. The number of thiophene rings is 1. The summed E-state index contributed by atoms with van der Waals surface area (Å²) in [6.07, 6.45) is 1.04. The van der Waals surface area contributed by atoms with Gasteiger partial charge in [-0.1, -0.05) is 12.1 Å². The lowest BCUT2D eigenvalue weighted by atomic mass is 10.1. The van der Waals surface area contributed by atoms with E-state index in [1.807, 2.05) is 0 Å². The van der Waals surface area contributed by atoms with E-state index in [0.29, 0.717) is 6.54 Å². The molecular formula is C16H18ClN3O3S. The Hall–Kier alpha value is -1.96. The number of nitrogens with one attached hydrogen (secondary N) is 1. The highest BCUT2D eigenvalue weighted by atomic mass is 35.5. The Balaban J connectivity index is 0.00000208. The van der Waals surface area contributed by atoms with Gasteiger partial charge in [0.15, 0.2) is 0 Å². The average molecular weight is 368 g/mol. The van der Waals surface area contributed by atoms with Gasteiger partial charge in [-0.2, -0.15) is 0 Å². The second-order valence-corrected chi connectivity index (χ2v) is 6.43. The third-order valence-corrected chi connectivity index (χ3v) is 4.91.